The summed E-state index contributed by atoms with van der Waals surface area (Å²) in [6, 6.07) is 4.24. The maximum absolute atomic E-state index is 8.83. The molecule has 0 aliphatic heterocycles. The molecule has 0 heterocycles. The van der Waals surface area contributed by atoms with Crippen molar-refractivity contribution in [2.24, 2.45) is 5.73 Å². The van der Waals surface area contributed by atoms with E-state index in [9.17, 15) is 0 Å². The van der Waals surface area contributed by atoms with Gasteiger partial charge >= 0.3 is 0 Å². The molecule has 0 fully saturated rings. The second kappa shape index (κ2) is 4.58. The Balaban J connectivity index is 3.02. The molecule has 0 saturated heterocycles. The van der Waals surface area contributed by atoms with Crippen LogP contribution >= 0.6 is 0 Å². The number of aliphatic hydroxyl groups is 1. The molecule has 0 saturated carbocycles. The summed E-state index contributed by atoms with van der Waals surface area (Å²) in [4.78, 5) is 0. The van der Waals surface area contributed by atoms with Crippen molar-refractivity contribution in [2.45, 2.75) is 33.2 Å². The van der Waals surface area contributed by atoms with Crippen molar-refractivity contribution in [1.82, 2.24) is 0 Å². The Hall–Kier alpha value is -0.860. The van der Waals surface area contributed by atoms with Crippen molar-refractivity contribution in [1.29, 1.82) is 0 Å². The van der Waals surface area contributed by atoms with E-state index in [0.29, 0.717) is 6.42 Å². The predicted molar refractivity (Wildman–Crippen MR) is 59.3 cm³/mol. The van der Waals surface area contributed by atoms with Crippen LogP contribution in [-0.2, 0) is 0 Å². The largest absolute Gasteiger partial charge is 0.396 e. The second-order valence-electron chi connectivity index (χ2n) is 3.91. The summed E-state index contributed by atoms with van der Waals surface area (Å²) < 4.78 is 0. The molecule has 2 nitrogen and oxygen atoms in total. The Morgan fingerprint density at radius 1 is 1.14 bits per heavy atom. The zero-order valence-corrected chi connectivity index (χ0v) is 9.17. The Bertz CT molecular complexity index is 320. The van der Waals surface area contributed by atoms with Crippen LogP contribution in [0, 0.1) is 20.8 Å². The van der Waals surface area contributed by atoms with Gasteiger partial charge in [0.2, 0.25) is 0 Å². The van der Waals surface area contributed by atoms with Crippen LogP contribution in [0.1, 0.15) is 34.7 Å². The van der Waals surface area contributed by atoms with Crippen molar-refractivity contribution in [2.75, 3.05) is 6.61 Å². The van der Waals surface area contributed by atoms with Crippen LogP contribution in [0.5, 0.6) is 0 Å². The van der Waals surface area contributed by atoms with Gasteiger partial charge in [0, 0.05) is 12.6 Å². The Morgan fingerprint density at radius 3 is 2.29 bits per heavy atom. The molecule has 78 valence electrons. The summed E-state index contributed by atoms with van der Waals surface area (Å²) in [6.07, 6.45) is 0.628. The third kappa shape index (κ3) is 2.34. The molecule has 1 atom stereocenters. The SMILES string of the molecule is Cc1cc(C)c([C@H](N)CCO)cc1C. The summed E-state index contributed by atoms with van der Waals surface area (Å²) in [5.74, 6) is 0. The molecule has 1 rings (SSSR count). The van der Waals surface area contributed by atoms with Crippen LogP contribution < -0.4 is 5.73 Å². The van der Waals surface area contributed by atoms with Gasteiger partial charge in [-0.3, -0.25) is 0 Å². The molecule has 3 N–H and O–H groups in total. The highest BCUT2D eigenvalue weighted by molar-refractivity contribution is 5.38. The number of hydrogen-bond acceptors (Lipinski definition) is 2. The lowest BCUT2D eigenvalue weighted by Crippen LogP contribution is -2.13. The molecule has 1 aromatic rings. The van der Waals surface area contributed by atoms with E-state index in [4.69, 9.17) is 10.8 Å². The number of hydrogen-bond donors (Lipinski definition) is 2. The first-order valence-corrected chi connectivity index (χ1v) is 5.00. The van der Waals surface area contributed by atoms with E-state index >= 15 is 0 Å². The average molecular weight is 193 g/mol. The average Bonchev–Trinajstić information content (AvgIpc) is 2.11. The molecule has 2 heteroatoms. The van der Waals surface area contributed by atoms with Crippen molar-refractivity contribution in [3.05, 3.63) is 34.4 Å². The van der Waals surface area contributed by atoms with Crippen molar-refractivity contribution in [3.63, 3.8) is 0 Å². The van der Waals surface area contributed by atoms with E-state index in [-0.39, 0.29) is 12.6 Å². The first-order chi connectivity index (χ1) is 6.56. The normalized spacial score (nSPS) is 12.9. The molecule has 0 radical (unpaired) electrons. The molecular weight excluding hydrogens is 174 g/mol. The highest BCUT2D eigenvalue weighted by Crippen LogP contribution is 2.21. The summed E-state index contributed by atoms with van der Waals surface area (Å²) in [6.45, 7) is 6.40. The van der Waals surface area contributed by atoms with Gasteiger partial charge in [0.05, 0.1) is 0 Å². The number of rotatable bonds is 3. The first kappa shape index (κ1) is 11.2. The fourth-order valence-corrected chi connectivity index (χ4v) is 1.68. The fourth-order valence-electron chi connectivity index (χ4n) is 1.68. The predicted octanol–water partition coefficient (Wildman–Crippen LogP) is 1.99. The zero-order valence-electron chi connectivity index (χ0n) is 9.17. The smallest absolute Gasteiger partial charge is 0.0449 e. The van der Waals surface area contributed by atoms with Crippen LogP contribution in [-0.4, -0.2) is 11.7 Å². The molecule has 0 amide bonds. The highest BCUT2D eigenvalue weighted by atomic mass is 16.3. The number of benzene rings is 1. The van der Waals surface area contributed by atoms with E-state index < -0.39 is 0 Å². The highest BCUT2D eigenvalue weighted by Gasteiger charge is 2.09. The second-order valence-corrected chi connectivity index (χ2v) is 3.91. The molecule has 0 unspecified atom stereocenters. The van der Waals surface area contributed by atoms with Gasteiger partial charge in [0.15, 0.2) is 0 Å². The van der Waals surface area contributed by atoms with Crippen LogP contribution in [0.2, 0.25) is 0 Å². The molecule has 1 aromatic carbocycles. The van der Waals surface area contributed by atoms with Crippen LogP contribution in [0.25, 0.3) is 0 Å². The van der Waals surface area contributed by atoms with Gasteiger partial charge < -0.3 is 10.8 Å². The zero-order chi connectivity index (χ0) is 10.7. The van der Waals surface area contributed by atoms with E-state index in [1.807, 2.05) is 0 Å². The number of aryl methyl sites for hydroxylation is 3. The lowest BCUT2D eigenvalue weighted by atomic mass is 9.95. The quantitative estimate of drug-likeness (QED) is 0.771. The molecule has 0 spiro atoms. The molecule has 0 bridgehead atoms. The van der Waals surface area contributed by atoms with Gasteiger partial charge in [0.25, 0.3) is 0 Å². The van der Waals surface area contributed by atoms with E-state index in [1.54, 1.807) is 0 Å². The monoisotopic (exact) mass is 193 g/mol. The van der Waals surface area contributed by atoms with Gasteiger partial charge in [0.1, 0.15) is 0 Å². The van der Waals surface area contributed by atoms with Crippen molar-refractivity contribution >= 4 is 0 Å². The Morgan fingerprint density at radius 2 is 1.71 bits per heavy atom. The minimum absolute atomic E-state index is 0.0423. The van der Waals surface area contributed by atoms with Gasteiger partial charge in [-0.2, -0.15) is 0 Å². The van der Waals surface area contributed by atoms with Crippen LogP contribution in [0.4, 0.5) is 0 Å². The molecule has 0 aromatic heterocycles. The Labute approximate surface area is 85.8 Å². The van der Waals surface area contributed by atoms with Crippen LogP contribution in [0.3, 0.4) is 0 Å². The van der Waals surface area contributed by atoms with Crippen LogP contribution in [0.15, 0.2) is 12.1 Å². The summed E-state index contributed by atoms with van der Waals surface area (Å²) in [7, 11) is 0. The third-order valence-corrected chi connectivity index (χ3v) is 2.72. The van der Waals surface area contributed by atoms with Crippen molar-refractivity contribution in [3.8, 4) is 0 Å². The molecule has 0 aliphatic rings. The third-order valence-electron chi connectivity index (χ3n) is 2.72. The topological polar surface area (TPSA) is 46.2 Å². The minimum Gasteiger partial charge on any atom is -0.396 e. The lowest BCUT2D eigenvalue weighted by Gasteiger charge is -2.15. The molecular formula is C12H19NO. The van der Waals surface area contributed by atoms with Gasteiger partial charge in [-0.15, -0.1) is 0 Å². The summed E-state index contributed by atoms with van der Waals surface area (Å²) in [5, 5.41) is 8.83. The van der Waals surface area contributed by atoms with E-state index in [0.717, 1.165) is 5.56 Å². The maximum atomic E-state index is 8.83. The Kier molecular flexibility index (Phi) is 3.67. The first-order valence-electron chi connectivity index (χ1n) is 5.00. The summed E-state index contributed by atoms with van der Waals surface area (Å²) in [5.41, 5.74) is 10.9. The van der Waals surface area contributed by atoms with Gasteiger partial charge in [-0.05, 0) is 49.4 Å². The summed E-state index contributed by atoms with van der Waals surface area (Å²) >= 11 is 0. The van der Waals surface area contributed by atoms with E-state index in [1.165, 1.54) is 16.7 Å². The standard InChI is InChI=1S/C12H19NO/c1-8-6-10(3)11(7-9(8)2)12(13)4-5-14/h6-7,12,14H,4-5,13H2,1-3H3/t12-/m1/s1. The molecule has 0 aliphatic carbocycles. The maximum Gasteiger partial charge on any atom is 0.0449 e. The minimum atomic E-state index is -0.0423. The van der Waals surface area contributed by atoms with Gasteiger partial charge in [-0.1, -0.05) is 12.1 Å². The fraction of sp³-hybridized carbons (Fsp3) is 0.500. The number of nitrogens with two attached hydrogens (primary N) is 1. The van der Waals surface area contributed by atoms with E-state index in [2.05, 4.69) is 32.9 Å². The molecule has 14 heavy (non-hydrogen) atoms. The number of aliphatic hydroxyl groups excluding tert-OH is 1. The van der Waals surface area contributed by atoms with Gasteiger partial charge in [-0.25, -0.2) is 0 Å². The lowest BCUT2D eigenvalue weighted by molar-refractivity contribution is 0.276. The van der Waals surface area contributed by atoms with Crippen molar-refractivity contribution < 1.29 is 5.11 Å².